The lowest BCUT2D eigenvalue weighted by Gasteiger charge is -2.17. The zero-order valence-electron chi connectivity index (χ0n) is 16.0. The molecule has 1 N–H and O–H groups in total. The maximum atomic E-state index is 12.4. The lowest BCUT2D eigenvalue weighted by molar-refractivity contribution is 0.0792. The molecule has 0 spiro atoms. The minimum atomic E-state index is 0.0311. The summed E-state index contributed by atoms with van der Waals surface area (Å²) in [4.78, 5) is 18.3. The molecule has 0 fully saturated rings. The van der Waals surface area contributed by atoms with Crippen molar-refractivity contribution in [1.29, 1.82) is 0 Å². The maximum Gasteiger partial charge on any atom is 0.255 e. The summed E-state index contributed by atoms with van der Waals surface area (Å²) in [6.07, 6.45) is 5.76. The summed E-state index contributed by atoms with van der Waals surface area (Å²) >= 11 is 0. The molecule has 1 aromatic carbocycles. The first kappa shape index (κ1) is 18.8. The Balaban J connectivity index is 1.38. The van der Waals surface area contributed by atoms with Crippen LogP contribution in [0.3, 0.4) is 0 Å². The Morgan fingerprint density at radius 2 is 1.89 bits per heavy atom. The highest BCUT2D eigenvalue weighted by molar-refractivity contribution is 5.93. The number of pyridine rings is 1. The fourth-order valence-corrected chi connectivity index (χ4v) is 3.00. The second kappa shape index (κ2) is 9.12. The zero-order chi connectivity index (χ0) is 19.1. The molecule has 0 bridgehead atoms. The van der Waals surface area contributed by atoms with Gasteiger partial charge in [-0.05, 0) is 44.4 Å². The van der Waals surface area contributed by atoms with Crippen molar-refractivity contribution >= 4 is 5.91 Å². The van der Waals surface area contributed by atoms with Gasteiger partial charge in [0.15, 0.2) is 0 Å². The van der Waals surface area contributed by atoms with Gasteiger partial charge in [-0.25, -0.2) is 0 Å². The lowest BCUT2D eigenvalue weighted by atomic mass is 10.1. The Morgan fingerprint density at radius 3 is 2.63 bits per heavy atom. The highest BCUT2D eigenvalue weighted by atomic mass is 16.2. The van der Waals surface area contributed by atoms with Crippen molar-refractivity contribution < 1.29 is 4.79 Å². The van der Waals surface area contributed by atoms with E-state index in [1.54, 1.807) is 11.1 Å². The van der Waals surface area contributed by atoms with Gasteiger partial charge in [-0.3, -0.25) is 14.9 Å². The van der Waals surface area contributed by atoms with Crippen LogP contribution in [0.5, 0.6) is 0 Å². The number of unbranched alkanes of at least 4 members (excludes halogenated alkanes) is 2. The number of benzene rings is 1. The van der Waals surface area contributed by atoms with Gasteiger partial charge >= 0.3 is 0 Å². The SMILES string of the molecule is Cc1ccc(C(=O)N(C)CCCCCc2cc(-c3ccccc3)n[nH]2)cn1. The van der Waals surface area contributed by atoms with E-state index in [-0.39, 0.29) is 5.91 Å². The molecular weight excluding hydrogens is 336 g/mol. The van der Waals surface area contributed by atoms with Crippen molar-refractivity contribution in [2.24, 2.45) is 0 Å². The molecule has 2 heterocycles. The molecular formula is C22H26N4O. The van der Waals surface area contributed by atoms with E-state index in [0.717, 1.165) is 54.9 Å². The number of carbonyl (C=O) groups is 1. The smallest absolute Gasteiger partial charge is 0.255 e. The highest BCUT2D eigenvalue weighted by Gasteiger charge is 2.11. The number of nitrogens with zero attached hydrogens (tertiary/aromatic N) is 3. The van der Waals surface area contributed by atoms with Crippen LogP contribution >= 0.6 is 0 Å². The monoisotopic (exact) mass is 362 g/mol. The topological polar surface area (TPSA) is 61.9 Å². The first-order chi connectivity index (χ1) is 13.1. The van der Waals surface area contributed by atoms with E-state index in [4.69, 9.17) is 0 Å². The van der Waals surface area contributed by atoms with Crippen molar-refractivity contribution in [1.82, 2.24) is 20.1 Å². The number of aryl methyl sites for hydroxylation is 2. The molecule has 0 saturated heterocycles. The number of rotatable bonds is 8. The Bertz CT molecular complexity index is 856. The van der Waals surface area contributed by atoms with Gasteiger partial charge in [-0.15, -0.1) is 0 Å². The Hall–Kier alpha value is -2.95. The van der Waals surface area contributed by atoms with Crippen LogP contribution in [0.25, 0.3) is 11.3 Å². The number of hydrogen-bond acceptors (Lipinski definition) is 3. The maximum absolute atomic E-state index is 12.4. The van der Waals surface area contributed by atoms with Crippen molar-refractivity contribution in [3.05, 3.63) is 71.7 Å². The largest absolute Gasteiger partial charge is 0.342 e. The summed E-state index contributed by atoms with van der Waals surface area (Å²) < 4.78 is 0. The second-order valence-corrected chi connectivity index (χ2v) is 6.87. The third-order valence-electron chi connectivity index (χ3n) is 4.65. The fraction of sp³-hybridized carbons (Fsp3) is 0.318. The van der Waals surface area contributed by atoms with Crippen LogP contribution < -0.4 is 0 Å². The Labute approximate surface area is 160 Å². The molecule has 140 valence electrons. The molecule has 0 saturated carbocycles. The van der Waals surface area contributed by atoms with Gasteiger partial charge in [0.1, 0.15) is 0 Å². The van der Waals surface area contributed by atoms with Crippen LogP contribution in [0.15, 0.2) is 54.7 Å². The van der Waals surface area contributed by atoms with Gasteiger partial charge in [0.05, 0.1) is 11.3 Å². The third kappa shape index (κ3) is 5.26. The van der Waals surface area contributed by atoms with Gasteiger partial charge in [0, 0.05) is 36.7 Å². The minimum Gasteiger partial charge on any atom is -0.342 e. The molecule has 0 aliphatic carbocycles. The van der Waals surface area contributed by atoms with Crippen LogP contribution in [-0.2, 0) is 6.42 Å². The van der Waals surface area contributed by atoms with Gasteiger partial charge in [0.2, 0.25) is 0 Å². The molecule has 5 nitrogen and oxygen atoms in total. The van der Waals surface area contributed by atoms with E-state index in [0.29, 0.717) is 5.56 Å². The van der Waals surface area contributed by atoms with E-state index in [2.05, 4.69) is 33.4 Å². The number of nitrogens with one attached hydrogen (secondary N) is 1. The summed E-state index contributed by atoms with van der Waals surface area (Å²) in [6.45, 7) is 2.67. The first-order valence-corrected chi connectivity index (χ1v) is 9.41. The first-order valence-electron chi connectivity index (χ1n) is 9.41. The second-order valence-electron chi connectivity index (χ2n) is 6.87. The van der Waals surface area contributed by atoms with Crippen molar-refractivity contribution in [3.63, 3.8) is 0 Å². The van der Waals surface area contributed by atoms with Gasteiger partial charge < -0.3 is 4.90 Å². The van der Waals surface area contributed by atoms with Gasteiger partial charge in [-0.2, -0.15) is 5.10 Å². The number of carbonyl (C=O) groups excluding carboxylic acids is 1. The van der Waals surface area contributed by atoms with Crippen LogP contribution in [-0.4, -0.2) is 39.6 Å². The molecule has 2 aromatic heterocycles. The normalized spacial score (nSPS) is 10.7. The highest BCUT2D eigenvalue weighted by Crippen LogP contribution is 2.18. The summed E-state index contributed by atoms with van der Waals surface area (Å²) in [5.41, 5.74) is 4.84. The molecule has 0 aliphatic heterocycles. The summed E-state index contributed by atoms with van der Waals surface area (Å²) in [5, 5.41) is 7.52. The van der Waals surface area contributed by atoms with E-state index in [1.807, 2.05) is 44.3 Å². The predicted molar refractivity (Wildman–Crippen MR) is 108 cm³/mol. The Morgan fingerprint density at radius 1 is 1.07 bits per heavy atom. The average molecular weight is 362 g/mol. The third-order valence-corrected chi connectivity index (χ3v) is 4.65. The molecule has 5 heteroatoms. The average Bonchev–Trinajstić information content (AvgIpc) is 3.17. The number of H-pyrrole nitrogens is 1. The van der Waals surface area contributed by atoms with Gasteiger partial charge in [-0.1, -0.05) is 36.8 Å². The van der Waals surface area contributed by atoms with E-state index in [9.17, 15) is 4.79 Å². The Kier molecular flexibility index (Phi) is 6.36. The van der Waals surface area contributed by atoms with Crippen molar-refractivity contribution in [2.45, 2.75) is 32.6 Å². The minimum absolute atomic E-state index is 0.0311. The van der Waals surface area contributed by atoms with Crippen LogP contribution in [0, 0.1) is 6.92 Å². The predicted octanol–water partition coefficient (Wildman–Crippen LogP) is 4.27. The summed E-state index contributed by atoms with van der Waals surface area (Å²) in [6, 6.07) is 16.0. The molecule has 27 heavy (non-hydrogen) atoms. The van der Waals surface area contributed by atoms with Crippen LogP contribution in [0.2, 0.25) is 0 Å². The number of hydrogen-bond donors (Lipinski definition) is 1. The van der Waals surface area contributed by atoms with E-state index in [1.165, 1.54) is 0 Å². The molecule has 0 aliphatic rings. The van der Waals surface area contributed by atoms with Gasteiger partial charge in [0.25, 0.3) is 5.91 Å². The van der Waals surface area contributed by atoms with E-state index >= 15 is 0 Å². The fourth-order valence-electron chi connectivity index (χ4n) is 3.00. The lowest BCUT2D eigenvalue weighted by Crippen LogP contribution is -2.27. The molecule has 0 unspecified atom stereocenters. The van der Waals surface area contributed by atoms with Crippen molar-refractivity contribution in [2.75, 3.05) is 13.6 Å². The quantitative estimate of drug-likeness (QED) is 0.609. The number of aromatic amines is 1. The van der Waals surface area contributed by atoms with Crippen molar-refractivity contribution in [3.8, 4) is 11.3 Å². The molecule has 0 atom stereocenters. The zero-order valence-corrected chi connectivity index (χ0v) is 16.0. The molecule has 3 rings (SSSR count). The molecule has 0 radical (unpaired) electrons. The summed E-state index contributed by atoms with van der Waals surface area (Å²) in [5.74, 6) is 0.0311. The standard InChI is InChI=1S/C22H26N4O/c1-17-12-13-19(16-23-17)22(27)26(2)14-8-4-7-11-20-15-21(25-24-20)18-9-5-3-6-10-18/h3,5-6,9-10,12-13,15-16H,4,7-8,11,14H2,1-2H3,(H,24,25). The van der Waals surface area contributed by atoms with Crippen LogP contribution in [0.4, 0.5) is 0 Å². The number of amides is 1. The van der Waals surface area contributed by atoms with Crippen LogP contribution in [0.1, 0.15) is 41.0 Å². The number of aromatic nitrogens is 3. The van der Waals surface area contributed by atoms with E-state index < -0.39 is 0 Å². The molecule has 1 amide bonds. The summed E-state index contributed by atoms with van der Waals surface area (Å²) in [7, 11) is 1.85. The molecule has 3 aromatic rings.